The molecule has 4 aromatic carbocycles. The van der Waals surface area contributed by atoms with Crippen LogP contribution >= 0.6 is 11.3 Å². The zero-order chi connectivity index (χ0) is 18.2. The van der Waals surface area contributed by atoms with Gasteiger partial charge in [0, 0.05) is 0 Å². The van der Waals surface area contributed by atoms with Gasteiger partial charge in [0.1, 0.15) is 11.1 Å². The van der Waals surface area contributed by atoms with Gasteiger partial charge in [-0.1, -0.05) is 60.7 Å². The first-order valence-electron chi connectivity index (χ1n) is 8.72. The van der Waals surface area contributed by atoms with Gasteiger partial charge in [0.05, 0.1) is 15.8 Å². The lowest BCUT2D eigenvalue weighted by molar-refractivity contribution is 1.44. The molecule has 3 heteroatoms. The van der Waals surface area contributed by atoms with E-state index in [4.69, 9.17) is 0 Å². The molecule has 0 spiro atoms. The zero-order valence-corrected chi connectivity index (χ0v) is 15.2. The minimum atomic E-state index is 0.595. The molecule has 0 radical (unpaired) electrons. The maximum Gasteiger partial charge on any atom is 0.135 e. The highest BCUT2D eigenvalue weighted by atomic mass is 32.1. The first kappa shape index (κ1) is 15.7. The van der Waals surface area contributed by atoms with Crippen LogP contribution in [0, 0.1) is 11.3 Å². The van der Waals surface area contributed by atoms with Crippen LogP contribution in [0.2, 0.25) is 0 Å². The quantitative estimate of drug-likeness (QED) is 0.260. The molecule has 5 rings (SSSR count). The lowest BCUT2D eigenvalue weighted by Crippen LogP contribution is -1.86. The number of nitriles is 1. The fourth-order valence-electron chi connectivity index (χ4n) is 3.48. The molecule has 0 aliphatic heterocycles. The van der Waals surface area contributed by atoms with Crippen molar-refractivity contribution >= 4 is 54.7 Å². The monoisotopic (exact) mass is 362 g/mol. The van der Waals surface area contributed by atoms with Gasteiger partial charge in [-0.05, 0) is 51.4 Å². The lowest BCUT2D eigenvalue weighted by atomic mass is 9.95. The van der Waals surface area contributed by atoms with Crippen LogP contribution in [0.25, 0.3) is 43.4 Å². The molecule has 27 heavy (non-hydrogen) atoms. The Morgan fingerprint density at radius 1 is 0.852 bits per heavy atom. The highest BCUT2D eigenvalue weighted by Crippen LogP contribution is 2.33. The molecule has 126 valence electrons. The predicted molar refractivity (Wildman–Crippen MR) is 115 cm³/mol. The number of benzene rings is 4. The topological polar surface area (TPSA) is 36.7 Å². The molecule has 0 saturated carbocycles. The van der Waals surface area contributed by atoms with Gasteiger partial charge in [-0.2, -0.15) is 5.26 Å². The van der Waals surface area contributed by atoms with Gasteiger partial charge < -0.3 is 0 Å². The van der Waals surface area contributed by atoms with Crippen LogP contribution in [-0.2, 0) is 0 Å². The van der Waals surface area contributed by atoms with Crippen molar-refractivity contribution in [2.75, 3.05) is 0 Å². The summed E-state index contributed by atoms with van der Waals surface area (Å²) < 4.78 is 1.09. The Morgan fingerprint density at radius 2 is 1.48 bits per heavy atom. The average Bonchev–Trinajstić information content (AvgIpc) is 3.15. The summed E-state index contributed by atoms with van der Waals surface area (Å²) in [6.07, 6.45) is 1.99. The van der Waals surface area contributed by atoms with E-state index < -0.39 is 0 Å². The van der Waals surface area contributed by atoms with E-state index in [-0.39, 0.29) is 0 Å². The van der Waals surface area contributed by atoms with Crippen LogP contribution in [0.3, 0.4) is 0 Å². The van der Waals surface area contributed by atoms with Crippen molar-refractivity contribution in [1.29, 1.82) is 5.26 Å². The zero-order valence-electron chi connectivity index (χ0n) is 14.4. The van der Waals surface area contributed by atoms with Crippen molar-refractivity contribution in [1.82, 2.24) is 4.98 Å². The third-order valence-electron chi connectivity index (χ3n) is 4.75. The molecule has 0 saturated heterocycles. The van der Waals surface area contributed by atoms with E-state index in [1.165, 1.54) is 10.8 Å². The predicted octanol–water partition coefficient (Wildman–Crippen LogP) is 6.67. The Labute approximate surface area is 160 Å². The molecule has 0 aliphatic rings. The fraction of sp³-hybridized carbons (Fsp3) is 0. The molecular formula is C24H14N2S. The summed E-state index contributed by atoms with van der Waals surface area (Å²) >= 11 is 1.56. The number of hydrogen-bond donors (Lipinski definition) is 0. The van der Waals surface area contributed by atoms with E-state index in [1.807, 2.05) is 54.6 Å². The third-order valence-corrected chi connectivity index (χ3v) is 5.82. The van der Waals surface area contributed by atoms with Crippen LogP contribution in [-0.4, -0.2) is 4.98 Å². The SMILES string of the molecule is N#CC(=Cc1c2ccccc2cc2ccccc12)c1nc2ccccc2s1. The van der Waals surface area contributed by atoms with Crippen LogP contribution in [0.15, 0.2) is 78.9 Å². The van der Waals surface area contributed by atoms with E-state index in [1.54, 1.807) is 11.3 Å². The molecular weight excluding hydrogens is 348 g/mol. The minimum Gasteiger partial charge on any atom is -0.235 e. The number of thiazole rings is 1. The van der Waals surface area contributed by atoms with E-state index in [2.05, 4.69) is 41.4 Å². The Morgan fingerprint density at radius 3 is 2.15 bits per heavy atom. The summed E-state index contributed by atoms with van der Waals surface area (Å²) in [5.41, 5.74) is 2.60. The fourth-order valence-corrected chi connectivity index (χ4v) is 4.41. The van der Waals surface area contributed by atoms with Crippen LogP contribution in [0.5, 0.6) is 0 Å². The van der Waals surface area contributed by atoms with E-state index in [0.717, 1.165) is 31.6 Å². The van der Waals surface area contributed by atoms with E-state index in [9.17, 15) is 5.26 Å². The largest absolute Gasteiger partial charge is 0.235 e. The van der Waals surface area contributed by atoms with Crippen molar-refractivity contribution in [3.8, 4) is 6.07 Å². The van der Waals surface area contributed by atoms with Gasteiger partial charge in [-0.15, -0.1) is 11.3 Å². The first-order valence-corrected chi connectivity index (χ1v) is 9.53. The number of allylic oxidation sites excluding steroid dienone is 1. The van der Waals surface area contributed by atoms with Crippen molar-refractivity contribution in [3.05, 3.63) is 89.4 Å². The van der Waals surface area contributed by atoms with Gasteiger partial charge >= 0.3 is 0 Å². The summed E-state index contributed by atoms with van der Waals surface area (Å²) in [7, 11) is 0. The summed E-state index contributed by atoms with van der Waals surface area (Å²) in [6.45, 7) is 0. The molecule has 0 N–H and O–H groups in total. The molecule has 0 atom stereocenters. The molecule has 0 amide bonds. The summed E-state index contributed by atoms with van der Waals surface area (Å²) in [5, 5.41) is 15.2. The maximum absolute atomic E-state index is 9.86. The van der Waals surface area contributed by atoms with E-state index in [0.29, 0.717) is 5.57 Å². The first-order chi connectivity index (χ1) is 13.3. The Kier molecular flexibility index (Phi) is 3.71. The normalized spacial score (nSPS) is 11.9. The second-order valence-electron chi connectivity index (χ2n) is 6.39. The molecule has 0 bridgehead atoms. The third kappa shape index (κ3) is 2.68. The van der Waals surface area contributed by atoms with Crippen molar-refractivity contribution in [2.24, 2.45) is 0 Å². The molecule has 1 aromatic heterocycles. The standard InChI is InChI=1S/C24H14N2S/c25-15-18(24-26-22-11-5-6-12-23(22)27-24)14-21-19-9-3-1-7-16(19)13-17-8-2-4-10-20(17)21/h1-14H. The summed E-state index contributed by atoms with van der Waals surface area (Å²) in [4.78, 5) is 4.67. The van der Waals surface area contributed by atoms with Crippen LogP contribution in [0.1, 0.15) is 10.6 Å². The second kappa shape index (κ2) is 6.35. The van der Waals surface area contributed by atoms with Gasteiger partial charge in [-0.25, -0.2) is 4.98 Å². The molecule has 0 unspecified atom stereocenters. The number of aromatic nitrogens is 1. The van der Waals surface area contributed by atoms with Crippen molar-refractivity contribution in [3.63, 3.8) is 0 Å². The maximum atomic E-state index is 9.86. The summed E-state index contributed by atoms with van der Waals surface area (Å²) in [5.74, 6) is 0. The highest BCUT2D eigenvalue weighted by Gasteiger charge is 2.11. The molecule has 0 aliphatic carbocycles. The highest BCUT2D eigenvalue weighted by molar-refractivity contribution is 7.19. The van der Waals surface area contributed by atoms with Gasteiger partial charge in [-0.3, -0.25) is 0 Å². The number of para-hydroxylation sites is 1. The molecule has 0 fully saturated rings. The number of fused-ring (bicyclic) bond motifs is 3. The number of nitrogens with zero attached hydrogens (tertiary/aromatic N) is 2. The Hall–Kier alpha value is -3.48. The molecule has 2 nitrogen and oxygen atoms in total. The Balaban J connectivity index is 1.81. The van der Waals surface area contributed by atoms with Crippen molar-refractivity contribution < 1.29 is 0 Å². The van der Waals surface area contributed by atoms with Gasteiger partial charge in [0.25, 0.3) is 0 Å². The molecule has 5 aromatic rings. The smallest absolute Gasteiger partial charge is 0.135 e. The van der Waals surface area contributed by atoms with Crippen LogP contribution in [0.4, 0.5) is 0 Å². The molecule has 1 heterocycles. The van der Waals surface area contributed by atoms with Gasteiger partial charge in [0.2, 0.25) is 0 Å². The van der Waals surface area contributed by atoms with Gasteiger partial charge in [0.15, 0.2) is 0 Å². The summed E-state index contributed by atoms with van der Waals surface area (Å²) in [6, 6.07) is 29.2. The van der Waals surface area contributed by atoms with Crippen molar-refractivity contribution in [2.45, 2.75) is 0 Å². The van der Waals surface area contributed by atoms with Crippen LogP contribution < -0.4 is 0 Å². The second-order valence-corrected chi connectivity index (χ2v) is 7.42. The number of rotatable bonds is 2. The number of hydrogen-bond acceptors (Lipinski definition) is 3. The lowest BCUT2D eigenvalue weighted by Gasteiger charge is -2.08. The average molecular weight is 362 g/mol. The minimum absolute atomic E-state index is 0.595. The van der Waals surface area contributed by atoms with E-state index >= 15 is 0 Å². The Bertz CT molecular complexity index is 1300.